The van der Waals surface area contributed by atoms with E-state index in [0.29, 0.717) is 0 Å². The molecule has 0 spiro atoms. The van der Waals surface area contributed by atoms with Crippen LogP contribution in [0.2, 0.25) is 17.4 Å². The monoisotopic (exact) mass is 251 g/mol. The van der Waals surface area contributed by atoms with Gasteiger partial charge in [-0.05, 0) is 6.92 Å². The van der Waals surface area contributed by atoms with Crippen molar-refractivity contribution in [2.45, 2.75) is 24.3 Å². The molecule has 1 saturated heterocycles. The standard InChI is InChI=1S/C7H8.C4H9NO.3CH3.Al/c1-7-5-3-2-4-6-7;1-3-6-4-2-5-1;;;;/h2-6H,1H3;5H,1-4H2;3*1H3;. The van der Waals surface area contributed by atoms with Crippen molar-refractivity contribution in [3.05, 3.63) is 35.9 Å². The fraction of sp³-hybridized carbons (Fsp3) is 0.571. The molecule has 3 heteroatoms. The number of hydrogen-bond donors (Lipinski definition) is 1. The minimum absolute atomic E-state index is 0.139. The van der Waals surface area contributed by atoms with Crippen LogP contribution in [0.5, 0.6) is 0 Å². The Kier molecular flexibility index (Phi) is 11.9. The summed E-state index contributed by atoms with van der Waals surface area (Å²) >= 11 is -0.139. The molecule has 0 bridgehead atoms. The highest BCUT2D eigenvalue weighted by Crippen LogP contribution is 1.92. The number of ether oxygens (including phenoxy) is 1. The SMILES string of the molecule is C1COCCN1.Cc1ccccc1.[CH3][Al]([CH3])[CH3]. The summed E-state index contributed by atoms with van der Waals surface area (Å²) < 4.78 is 5.01. The van der Waals surface area contributed by atoms with Gasteiger partial charge in [0.05, 0.1) is 13.2 Å². The van der Waals surface area contributed by atoms with Crippen LogP contribution in [0.1, 0.15) is 5.56 Å². The van der Waals surface area contributed by atoms with Gasteiger partial charge < -0.3 is 10.1 Å². The zero-order chi connectivity index (χ0) is 12.9. The molecule has 17 heavy (non-hydrogen) atoms. The molecule has 0 radical (unpaired) electrons. The normalized spacial score (nSPS) is 13.6. The molecule has 2 nitrogen and oxygen atoms in total. The number of rotatable bonds is 0. The van der Waals surface area contributed by atoms with Crippen molar-refractivity contribution in [3.8, 4) is 0 Å². The van der Waals surface area contributed by atoms with Crippen LogP contribution in [0, 0.1) is 6.92 Å². The molecule has 0 aromatic heterocycles. The molecular formula is C14H26AlNO. The van der Waals surface area contributed by atoms with Gasteiger partial charge in [-0.1, -0.05) is 35.9 Å². The third-order valence-electron chi connectivity index (χ3n) is 1.79. The van der Waals surface area contributed by atoms with E-state index >= 15 is 0 Å². The molecule has 2 rings (SSSR count). The van der Waals surface area contributed by atoms with E-state index in [2.05, 4.69) is 41.7 Å². The highest BCUT2D eigenvalue weighted by molar-refractivity contribution is 6.54. The summed E-state index contributed by atoms with van der Waals surface area (Å²) in [6.07, 6.45) is 0. The van der Waals surface area contributed by atoms with E-state index in [4.69, 9.17) is 4.74 Å². The lowest BCUT2D eigenvalue weighted by atomic mass is 10.2. The lowest BCUT2D eigenvalue weighted by Crippen LogP contribution is -2.30. The summed E-state index contributed by atoms with van der Waals surface area (Å²) in [7, 11) is 0. The van der Waals surface area contributed by atoms with Gasteiger partial charge in [0.25, 0.3) is 14.1 Å². The highest BCUT2D eigenvalue weighted by atomic mass is 27.2. The van der Waals surface area contributed by atoms with Crippen molar-refractivity contribution in [1.82, 2.24) is 5.32 Å². The molecule has 1 aromatic rings. The van der Waals surface area contributed by atoms with Gasteiger partial charge in [-0.25, -0.2) is 0 Å². The Morgan fingerprint density at radius 2 is 1.47 bits per heavy atom. The van der Waals surface area contributed by atoms with Gasteiger partial charge >= 0.3 is 0 Å². The first kappa shape index (κ1) is 16.7. The number of hydrogen-bond acceptors (Lipinski definition) is 2. The summed E-state index contributed by atoms with van der Waals surface area (Å²) in [5, 5.41) is 3.16. The van der Waals surface area contributed by atoms with E-state index in [1.165, 1.54) is 5.56 Å². The summed E-state index contributed by atoms with van der Waals surface area (Å²) in [6.45, 7) is 5.92. The van der Waals surface area contributed by atoms with Gasteiger partial charge in [0.15, 0.2) is 0 Å². The Labute approximate surface area is 111 Å². The molecular weight excluding hydrogens is 225 g/mol. The van der Waals surface area contributed by atoms with Crippen molar-refractivity contribution in [2.75, 3.05) is 26.3 Å². The molecule has 0 atom stereocenters. The molecule has 0 unspecified atom stereocenters. The van der Waals surface area contributed by atoms with Gasteiger partial charge in [-0.2, -0.15) is 0 Å². The van der Waals surface area contributed by atoms with Crippen LogP contribution in [-0.2, 0) is 4.74 Å². The van der Waals surface area contributed by atoms with E-state index in [1.54, 1.807) is 0 Å². The molecule has 0 saturated carbocycles. The topological polar surface area (TPSA) is 21.3 Å². The van der Waals surface area contributed by atoms with Gasteiger partial charge in [0, 0.05) is 13.1 Å². The van der Waals surface area contributed by atoms with Crippen LogP contribution in [-0.4, -0.2) is 40.5 Å². The molecule has 1 aliphatic heterocycles. The Hall–Kier alpha value is -0.328. The summed E-state index contributed by atoms with van der Waals surface area (Å²) in [6, 6.07) is 10.3. The van der Waals surface area contributed by atoms with E-state index in [0.717, 1.165) is 26.3 Å². The predicted molar refractivity (Wildman–Crippen MR) is 78.2 cm³/mol. The Morgan fingerprint density at radius 1 is 1.00 bits per heavy atom. The lowest BCUT2D eigenvalue weighted by Gasteiger charge is -2.10. The van der Waals surface area contributed by atoms with Gasteiger partial charge in [-0.15, -0.1) is 17.4 Å². The van der Waals surface area contributed by atoms with Crippen molar-refractivity contribution < 1.29 is 4.74 Å². The van der Waals surface area contributed by atoms with Crippen LogP contribution >= 0.6 is 0 Å². The average molecular weight is 251 g/mol. The maximum Gasteiger partial charge on any atom is 0.251 e. The molecule has 1 fully saturated rings. The second-order valence-corrected chi connectivity index (χ2v) is 8.21. The molecule has 1 aliphatic rings. The van der Waals surface area contributed by atoms with Crippen LogP contribution in [0.25, 0.3) is 0 Å². The second-order valence-electron chi connectivity index (χ2n) is 4.75. The number of morpholine rings is 1. The Morgan fingerprint density at radius 3 is 1.65 bits per heavy atom. The largest absolute Gasteiger partial charge is 0.379 e. The Balaban J connectivity index is 0.000000236. The highest BCUT2D eigenvalue weighted by Gasteiger charge is 1.92. The zero-order valence-corrected chi connectivity index (χ0v) is 12.9. The van der Waals surface area contributed by atoms with Crippen LogP contribution in [0.15, 0.2) is 30.3 Å². The molecule has 0 amide bonds. The van der Waals surface area contributed by atoms with Gasteiger partial charge in [-0.3, -0.25) is 0 Å². The van der Waals surface area contributed by atoms with Crippen LogP contribution in [0.4, 0.5) is 0 Å². The first-order chi connectivity index (χ1) is 8.13. The lowest BCUT2D eigenvalue weighted by molar-refractivity contribution is 0.109. The third kappa shape index (κ3) is 15.7. The van der Waals surface area contributed by atoms with Crippen molar-refractivity contribution >= 4 is 14.1 Å². The van der Waals surface area contributed by atoms with Gasteiger partial charge in [0.2, 0.25) is 0 Å². The molecule has 96 valence electrons. The van der Waals surface area contributed by atoms with E-state index < -0.39 is 0 Å². The number of aryl methyl sites for hydroxylation is 1. The van der Waals surface area contributed by atoms with E-state index in [-0.39, 0.29) is 14.1 Å². The van der Waals surface area contributed by atoms with Crippen molar-refractivity contribution in [2.24, 2.45) is 0 Å². The van der Waals surface area contributed by atoms with Crippen molar-refractivity contribution in [3.63, 3.8) is 0 Å². The van der Waals surface area contributed by atoms with Crippen LogP contribution in [0.3, 0.4) is 0 Å². The van der Waals surface area contributed by atoms with E-state index in [9.17, 15) is 0 Å². The van der Waals surface area contributed by atoms with Crippen LogP contribution < -0.4 is 5.32 Å². The summed E-state index contributed by atoms with van der Waals surface area (Å²) in [5.41, 5.74) is 1.32. The molecule has 1 N–H and O–H groups in total. The quantitative estimate of drug-likeness (QED) is 0.716. The van der Waals surface area contributed by atoms with E-state index in [1.807, 2.05) is 18.2 Å². The third-order valence-corrected chi connectivity index (χ3v) is 1.79. The first-order valence-corrected chi connectivity index (χ1v) is 9.89. The molecule has 1 heterocycles. The fourth-order valence-corrected chi connectivity index (χ4v) is 1.05. The minimum Gasteiger partial charge on any atom is -0.379 e. The number of nitrogens with one attached hydrogen (secondary N) is 1. The summed E-state index contributed by atoms with van der Waals surface area (Å²) in [5.74, 6) is 6.92. The molecule has 0 aliphatic carbocycles. The van der Waals surface area contributed by atoms with Crippen molar-refractivity contribution in [1.29, 1.82) is 0 Å². The molecule has 1 aromatic carbocycles. The minimum atomic E-state index is -0.139. The fourth-order valence-electron chi connectivity index (χ4n) is 1.05. The smallest absolute Gasteiger partial charge is 0.251 e. The average Bonchev–Trinajstić information content (AvgIpc) is 2.32. The second kappa shape index (κ2) is 12.1. The first-order valence-electron chi connectivity index (χ1n) is 6.43. The Bertz CT molecular complexity index is 233. The maximum absolute atomic E-state index is 5.01. The predicted octanol–water partition coefficient (Wildman–Crippen LogP) is 2.97. The van der Waals surface area contributed by atoms with Gasteiger partial charge in [0.1, 0.15) is 0 Å². The summed E-state index contributed by atoms with van der Waals surface area (Å²) in [4.78, 5) is 0. The maximum atomic E-state index is 5.01. The zero-order valence-electron chi connectivity index (χ0n) is 11.7. The number of benzene rings is 1.